The van der Waals surface area contributed by atoms with Gasteiger partial charge >= 0.3 is 0 Å². The average molecular weight is 480 g/mol. The molecule has 8 nitrogen and oxygen atoms in total. The van der Waals surface area contributed by atoms with E-state index in [0.717, 1.165) is 81.2 Å². The summed E-state index contributed by atoms with van der Waals surface area (Å²) in [6, 6.07) is 6.66. The summed E-state index contributed by atoms with van der Waals surface area (Å²) >= 11 is 0. The molecule has 1 aromatic carbocycles. The van der Waals surface area contributed by atoms with Gasteiger partial charge in [0, 0.05) is 55.4 Å². The van der Waals surface area contributed by atoms with E-state index < -0.39 is 0 Å². The number of rotatable bonds is 8. The molecular weight excluding hydrogens is 442 g/mol. The van der Waals surface area contributed by atoms with Crippen molar-refractivity contribution in [1.29, 1.82) is 0 Å². The van der Waals surface area contributed by atoms with Crippen LogP contribution in [-0.2, 0) is 11.3 Å². The summed E-state index contributed by atoms with van der Waals surface area (Å²) in [7, 11) is 0. The SMILES string of the molecule is CCCCNc1ncc2c3ccc(CNC4CCOCC4)cc3c(=O)n(C3CCC(O)CC3)c2n1. The molecule has 2 aliphatic rings. The fourth-order valence-corrected chi connectivity index (χ4v) is 5.37. The van der Waals surface area contributed by atoms with Gasteiger partial charge in [0.2, 0.25) is 5.95 Å². The van der Waals surface area contributed by atoms with Crippen LogP contribution in [0.15, 0.2) is 29.2 Å². The lowest BCUT2D eigenvalue weighted by Gasteiger charge is -2.28. The summed E-state index contributed by atoms with van der Waals surface area (Å²) in [4.78, 5) is 23.3. The average Bonchev–Trinajstić information content (AvgIpc) is 2.89. The Morgan fingerprint density at radius 3 is 2.66 bits per heavy atom. The minimum Gasteiger partial charge on any atom is -0.393 e. The third-order valence-electron chi connectivity index (χ3n) is 7.48. The summed E-state index contributed by atoms with van der Waals surface area (Å²) in [5, 5.41) is 19.5. The fourth-order valence-electron chi connectivity index (χ4n) is 5.37. The van der Waals surface area contributed by atoms with Gasteiger partial charge in [0.15, 0.2) is 0 Å². The van der Waals surface area contributed by atoms with Crippen LogP contribution in [0, 0.1) is 0 Å². The zero-order chi connectivity index (χ0) is 24.2. The lowest BCUT2D eigenvalue weighted by molar-refractivity contribution is 0.0776. The van der Waals surface area contributed by atoms with E-state index in [9.17, 15) is 9.90 Å². The maximum absolute atomic E-state index is 13.9. The Morgan fingerprint density at radius 2 is 1.89 bits per heavy atom. The first-order valence-corrected chi connectivity index (χ1v) is 13.2. The third kappa shape index (κ3) is 5.34. The van der Waals surface area contributed by atoms with Crippen molar-refractivity contribution < 1.29 is 9.84 Å². The Morgan fingerprint density at radius 1 is 1.09 bits per heavy atom. The Labute approximate surface area is 206 Å². The Balaban J connectivity index is 1.54. The van der Waals surface area contributed by atoms with E-state index in [4.69, 9.17) is 9.72 Å². The number of ether oxygens (including phenoxy) is 1. The molecule has 8 heteroatoms. The number of unbranched alkanes of at least 4 members (excludes halogenated alkanes) is 1. The topological polar surface area (TPSA) is 101 Å². The first-order chi connectivity index (χ1) is 17.1. The highest BCUT2D eigenvalue weighted by Crippen LogP contribution is 2.32. The van der Waals surface area contributed by atoms with Crippen molar-refractivity contribution in [2.45, 2.75) is 83.0 Å². The number of hydrogen-bond donors (Lipinski definition) is 3. The van der Waals surface area contributed by atoms with Gasteiger partial charge in [-0.1, -0.05) is 25.5 Å². The van der Waals surface area contributed by atoms with Gasteiger partial charge < -0.3 is 20.5 Å². The summed E-state index contributed by atoms with van der Waals surface area (Å²) in [6.07, 6.45) is 8.70. The van der Waals surface area contributed by atoms with E-state index in [0.29, 0.717) is 35.9 Å². The normalized spacial score (nSPS) is 21.5. The van der Waals surface area contributed by atoms with Crippen molar-refractivity contribution in [1.82, 2.24) is 19.9 Å². The van der Waals surface area contributed by atoms with Crippen LogP contribution in [0.25, 0.3) is 21.8 Å². The van der Waals surface area contributed by atoms with Crippen LogP contribution in [0.3, 0.4) is 0 Å². The van der Waals surface area contributed by atoms with Gasteiger partial charge in [-0.05, 0) is 62.0 Å². The zero-order valence-electron chi connectivity index (χ0n) is 20.6. The molecule has 1 saturated heterocycles. The van der Waals surface area contributed by atoms with Gasteiger partial charge in [-0.15, -0.1) is 0 Å². The molecule has 1 aliphatic heterocycles. The standard InChI is InChI=1S/C27H37N5O3/c1-2-3-12-28-27-30-17-24-22-9-4-18(16-29-19-10-13-35-14-11-19)15-23(22)26(34)32(25(24)31-27)20-5-7-21(33)8-6-20/h4,9,15,17,19-21,29,33H,2-3,5-8,10-14,16H2,1H3,(H,28,30,31). The molecular formula is C27H37N5O3. The number of pyridine rings is 1. The summed E-state index contributed by atoms with van der Waals surface area (Å²) in [5.41, 5.74) is 1.79. The number of fused-ring (bicyclic) bond motifs is 3. The van der Waals surface area contributed by atoms with Crippen LogP contribution in [0.1, 0.15) is 69.9 Å². The number of aliphatic hydroxyl groups excluding tert-OH is 1. The van der Waals surface area contributed by atoms with Crippen LogP contribution >= 0.6 is 0 Å². The number of benzene rings is 1. The van der Waals surface area contributed by atoms with E-state index >= 15 is 0 Å². The second-order valence-electron chi connectivity index (χ2n) is 10.00. The maximum Gasteiger partial charge on any atom is 0.260 e. The van der Waals surface area contributed by atoms with E-state index in [2.05, 4.69) is 28.6 Å². The van der Waals surface area contributed by atoms with E-state index in [1.807, 2.05) is 22.9 Å². The van der Waals surface area contributed by atoms with Gasteiger partial charge in [0.1, 0.15) is 5.65 Å². The molecule has 2 aromatic heterocycles. The first kappa shape index (κ1) is 24.2. The highest BCUT2D eigenvalue weighted by Gasteiger charge is 2.25. The van der Waals surface area contributed by atoms with Crippen LogP contribution in [0.4, 0.5) is 5.95 Å². The van der Waals surface area contributed by atoms with Gasteiger partial charge in [-0.25, -0.2) is 4.98 Å². The van der Waals surface area contributed by atoms with E-state index in [1.54, 1.807) is 0 Å². The van der Waals surface area contributed by atoms with Crippen molar-refractivity contribution >= 4 is 27.8 Å². The molecule has 0 atom stereocenters. The molecule has 0 radical (unpaired) electrons. The number of nitrogens with zero attached hydrogens (tertiary/aromatic N) is 3. The van der Waals surface area contributed by atoms with Crippen molar-refractivity contribution in [2.24, 2.45) is 0 Å². The van der Waals surface area contributed by atoms with E-state index in [1.165, 1.54) is 0 Å². The molecule has 2 fully saturated rings. The molecule has 1 aliphatic carbocycles. The lowest BCUT2D eigenvalue weighted by Crippen LogP contribution is -2.34. The number of anilines is 1. The lowest BCUT2D eigenvalue weighted by atomic mass is 9.92. The van der Waals surface area contributed by atoms with Gasteiger partial charge in [-0.2, -0.15) is 4.98 Å². The highest BCUT2D eigenvalue weighted by molar-refractivity contribution is 6.04. The predicted octanol–water partition coefficient (Wildman–Crippen LogP) is 3.90. The minimum atomic E-state index is -0.280. The third-order valence-corrected chi connectivity index (χ3v) is 7.48. The molecule has 0 unspecified atom stereocenters. The Kier molecular flexibility index (Phi) is 7.60. The maximum atomic E-state index is 13.9. The number of aliphatic hydroxyl groups is 1. The molecule has 188 valence electrons. The molecule has 3 N–H and O–H groups in total. The van der Waals surface area contributed by atoms with Crippen molar-refractivity contribution in [3.63, 3.8) is 0 Å². The molecule has 3 heterocycles. The monoisotopic (exact) mass is 479 g/mol. The molecule has 3 aromatic rings. The number of hydrogen-bond acceptors (Lipinski definition) is 7. The van der Waals surface area contributed by atoms with Crippen molar-refractivity contribution in [3.05, 3.63) is 40.3 Å². The second-order valence-corrected chi connectivity index (χ2v) is 10.00. The second kappa shape index (κ2) is 11.0. The van der Waals surface area contributed by atoms with Crippen LogP contribution < -0.4 is 16.2 Å². The summed E-state index contributed by atoms with van der Waals surface area (Å²) in [6.45, 7) is 5.29. The fraction of sp³-hybridized carbons (Fsp3) is 0.593. The van der Waals surface area contributed by atoms with Gasteiger partial charge in [-0.3, -0.25) is 9.36 Å². The summed E-state index contributed by atoms with van der Waals surface area (Å²) < 4.78 is 7.34. The minimum absolute atomic E-state index is 0.0000133. The molecule has 0 bridgehead atoms. The van der Waals surface area contributed by atoms with E-state index in [-0.39, 0.29) is 17.7 Å². The highest BCUT2D eigenvalue weighted by atomic mass is 16.5. The Bertz CT molecular complexity index is 1210. The van der Waals surface area contributed by atoms with Gasteiger partial charge in [0.05, 0.1) is 6.10 Å². The molecule has 35 heavy (non-hydrogen) atoms. The smallest absolute Gasteiger partial charge is 0.260 e. The van der Waals surface area contributed by atoms with Crippen molar-refractivity contribution in [2.75, 3.05) is 25.1 Å². The molecule has 0 amide bonds. The van der Waals surface area contributed by atoms with Crippen LogP contribution in [0.5, 0.6) is 0 Å². The molecule has 1 saturated carbocycles. The molecule has 0 spiro atoms. The van der Waals surface area contributed by atoms with Crippen LogP contribution in [-0.4, -0.2) is 51.5 Å². The van der Waals surface area contributed by atoms with Crippen molar-refractivity contribution in [3.8, 4) is 0 Å². The number of nitrogens with one attached hydrogen (secondary N) is 2. The Hall–Kier alpha value is -2.55. The molecule has 5 rings (SSSR count). The predicted molar refractivity (Wildman–Crippen MR) is 139 cm³/mol. The zero-order valence-corrected chi connectivity index (χ0v) is 20.6. The van der Waals surface area contributed by atoms with Gasteiger partial charge in [0.25, 0.3) is 5.56 Å². The quantitative estimate of drug-likeness (QED) is 0.333. The largest absolute Gasteiger partial charge is 0.393 e. The van der Waals surface area contributed by atoms with Crippen LogP contribution in [0.2, 0.25) is 0 Å². The number of aromatic nitrogens is 3. The summed E-state index contributed by atoms with van der Waals surface area (Å²) in [5.74, 6) is 0.562. The first-order valence-electron chi connectivity index (χ1n) is 13.2.